The maximum Gasteiger partial charge on any atom is 0.306 e. The van der Waals surface area contributed by atoms with Gasteiger partial charge in [-0.25, -0.2) is 4.39 Å². The Hall–Kier alpha value is -2.68. The molecule has 2 heterocycles. The number of halogens is 3. The van der Waals surface area contributed by atoms with Crippen LogP contribution in [0.4, 0.5) is 10.1 Å². The Morgan fingerprint density at radius 2 is 1.75 bits per heavy atom. The number of anilines is 1. The molecule has 10 heteroatoms. The molecule has 212 valence electrons. The SMILES string of the molecule is O=C(O)C1CCC(NC(=O)C2NC3(CCCCC3)C3(C(=O)Nc4cc(Cl)ccc43)C2c2cccc(Cl)c2F)CC1. The van der Waals surface area contributed by atoms with Gasteiger partial charge in [0.1, 0.15) is 11.2 Å². The molecule has 2 aromatic rings. The largest absolute Gasteiger partial charge is 0.481 e. The van der Waals surface area contributed by atoms with Crippen molar-refractivity contribution >= 4 is 46.7 Å². The highest BCUT2D eigenvalue weighted by Gasteiger charge is 2.72. The van der Waals surface area contributed by atoms with Gasteiger partial charge >= 0.3 is 5.97 Å². The summed E-state index contributed by atoms with van der Waals surface area (Å²) in [5.41, 5.74) is -0.573. The van der Waals surface area contributed by atoms with E-state index in [2.05, 4.69) is 16.0 Å². The number of carboxylic acids is 1. The van der Waals surface area contributed by atoms with Crippen molar-refractivity contribution in [2.75, 3.05) is 5.32 Å². The van der Waals surface area contributed by atoms with Gasteiger partial charge in [0.15, 0.2) is 0 Å². The molecule has 2 saturated carbocycles. The molecule has 2 aliphatic carbocycles. The first-order valence-electron chi connectivity index (χ1n) is 14.0. The van der Waals surface area contributed by atoms with Gasteiger partial charge in [-0.05, 0) is 67.9 Å². The molecule has 4 N–H and O–H groups in total. The summed E-state index contributed by atoms with van der Waals surface area (Å²) in [6.45, 7) is 0. The van der Waals surface area contributed by atoms with Gasteiger partial charge in [0, 0.05) is 28.2 Å². The molecule has 7 nitrogen and oxygen atoms in total. The zero-order valence-corrected chi connectivity index (χ0v) is 23.5. The maximum atomic E-state index is 15.9. The number of carbonyl (C=O) groups excluding carboxylic acids is 2. The summed E-state index contributed by atoms with van der Waals surface area (Å²) in [4.78, 5) is 39.9. The maximum absolute atomic E-state index is 15.9. The molecule has 0 bridgehead atoms. The fourth-order valence-electron chi connectivity index (χ4n) is 7.99. The van der Waals surface area contributed by atoms with Crippen molar-refractivity contribution in [1.29, 1.82) is 0 Å². The second kappa shape index (κ2) is 10.3. The van der Waals surface area contributed by atoms with Crippen LogP contribution in [0.5, 0.6) is 0 Å². The normalized spacial score (nSPS) is 30.7. The van der Waals surface area contributed by atoms with Crippen LogP contribution in [0.1, 0.15) is 74.8 Å². The number of rotatable bonds is 4. The Morgan fingerprint density at radius 1 is 1.02 bits per heavy atom. The Morgan fingerprint density at radius 3 is 2.45 bits per heavy atom. The van der Waals surface area contributed by atoms with Crippen molar-refractivity contribution in [2.45, 2.75) is 86.7 Å². The number of nitrogens with one attached hydrogen (secondary N) is 3. The Kier molecular flexibility index (Phi) is 7.08. The van der Waals surface area contributed by atoms with Gasteiger partial charge in [-0.2, -0.15) is 0 Å². The molecule has 40 heavy (non-hydrogen) atoms. The minimum absolute atomic E-state index is 0.0712. The van der Waals surface area contributed by atoms with Crippen LogP contribution in [0, 0.1) is 11.7 Å². The first-order valence-corrected chi connectivity index (χ1v) is 14.8. The summed E-state index contributed by atoms with van der Waals surface area (Å²) >= 11 is 12.6. The molecule has 3 fully saturated rings. The van der Waals surface area contributed by atoms with Crippen LogP contribution in [-0.4, -0.2) is 40.5 Å². The Labute approximate surface area is 242 Å². The average molecular weight is 589 g/mol. The molecule has 2 aliphatic heterocycles. The molecule has 2 amide bonds. The molecule has 2 spiro atoms. The van der Waals surface area contributed by atoms with E-state index in [4.69, 9.17) is 23.2 Å². The van der Waals surface area contributed by atoms with Crippen LogP contribution in [-0.2, 0) is 19.8 Å². The van der Waals surface area contributed by atoms with Crippen LogP contribution < -0.4 is 16.0 Å². The summed E-state index contributed by atoms with van der Waals surface area (Å²) < 4.78 is 15.9. The van der Waals surface area contributed by atoms with Crippen molar-refractivity contribution in [2.24, 2.45) is 5.92 Å². The molecular weight excluding hydrogens is 556 g/mol. The zero-order chi connectivity index (χ0) is 28.2. The number of carbonyl (C=O) groups is 3. The fourth-order valence-corrected chi connectivity index (χ4v) is 8.35. The third kappa shape index (κ3) is 4.13. The van der Waals surface area contributed by atoms with Gasteiger partial charge in [-0.1, -0.05) is 60.7 Å². The van der Waals surface area contributed by atoms with E-state index in [-0.39, 0.29) is 28.4 Å². The second-order valence-corrected chi connectivity index (χ2v) is 12.6. The highest BCUT2D eigenvalue weighted by Crippen LogP contribution is 2.62. The summed E-state index contributed by atoms with van der Waals surface area (Å²) in [6, 6.07) is 8.89. The number of hydrogen-bond donors (Lipinski definition) is 4. The topological polar surface area (TPSA) is 108 Å². The van der Waals surface area contributed by atoms with Crippen LogP contribution in [0.3, 0.4) is 0 Å². The fraction of sp³-hybridized carbons (Fsp3) is 0.500. The van der Waals surface area contributed by atoms with Gasteiger partial charge in [0.2, 0.25) is 11.8 Å². The van der Waals surface area contributed by atoms with Crippen molar-refractivity contribution in [3.8, 4) is 0 Å². The van der Waals surface area contributed by atoms with E-state index in [9.17, 15) is 19.5 Å². The molecule has 6 rings (SSSR count). The third-order valence-corrected chi connectivity index (χ3v) is 10.3. The molecule has 3 atom stereocenters. The standard InChI is InChI=1S/C30H32Cl2FN3O4/c31-17-9-12-20-22(15-17)35-28(40)30(20)23(19-5-4-6-21(32)24(19)33)25(36-29(30)13-2-1-3-14-29)26(37)34-18-10-7-16(8-11-18)27(38)39/h4-6,9,12,15-16,18,23,25,36H,1-3,7-8,10-11,13-14H2,(H,34,37)(H,35,40)(H,38,39). The highest BCUT2D eigenvalue weighted by molar-refractivity contribution is 6.31. The quantitative estimate of drug-likeness (QED) is 0.375. The summed E-state index contributed by atoms with van der Waals surface area (Å²) in [7, 11) is 0. The van der Waals surface area contributed by atoms with Crippen LogP contribution in [0.2, 0.25) is 10.0 Å². The van der Waals surface area contributed by atoms with E-state index >= 15 is 4.39 Å². The second-order valence-electron chi connectivity index (χ2n) is 11.7. The predicted molar refractivity (Wildman–Crippen MR) is 150 cm³/mol. The summed E-state index contributed by atoms with van der Waals surface area (Å²) in [5, 5.41) is 19.6. The molecule has 0 radical (unpaired) electrons. The number of aliphatic carboxylic acids is 1. The van der Waals surface area contributed by atoms with Crippen molar-refractivity contribution in [3.63, 3.8) is 0 Å². The van der Waals surface area contributed by atoms with Gasteiger partial charge in [-0.15, -0.1) is 0 Å². The minimum Gasteiger partial charge on any atom is -0.481 e. The lowest BCUT2D eigenvalue weighted by Gasteiger charge is -2.47. The van der Waals surface area contributed by atoms with E-state index < -0.39 is 40.6 Å². The van der Waals surface area contributed by atoms with Gasteiger partial charge in [0.25, 0.3) is 0 Å². The minimum atomic E-state index is -1.28. The van der Waals surface area contributed by atoms with E-state index in [0.717, 1.165) is 19.3 Å². The van der Waals surface area contributed by atoms with Gasteiger partial charge in [-0.3, -0.25) is 19.7 Å². The van der Waals surface area contributed by atoms with E-state index in [1.165, 1.54) is 6.07 Å². The first-order chi connectivity index (χ1) is 19.2. The molecule has 4 aliphatic rings. The van der Waals surface area contributed by atoms with Crippen LogP contribution >= 0.6 is 23.2 Å². The van der Waals surface area contributed by atoms with Crippen molar-refractivity contribution in [1.82, 2.24) is 10.6 Å². The van der Waals surface area contributed by atoms with Crippen molar-refractivity contribution in [3.05, 3.63) is 63.4 Å². The first kappa shape index (κ1) is 27.5. The predicted octanol–water partition coefficient (Wildman–Crippen LogP) is 5.54. The molecule has 3 unspecified atom stereocenters. The lowest BCUT2D eigenvalue weighted by Crippen LogP contribution is -2.60. The number of hydrogen-bond acceptors (Lipinski definition) is 4. The smallest absolute Gasteiger partial charge is 0.306 e. The highest BCUT2D eigenvalue weighted by atomic mass is 35.5. The summed E-state index contributed by atoms with van der Waals surface area (Å²) in [6.07, 6.45) is 6.09. The van der Waals surface area contributed by atoms with Gasteiger partial charge < -0.3 is 15.7 Å². The van der Waals surface area contributed by atoms with Gasteiger partial charge in [0.05, 0.1) is 17.0 Å². The summed E-state index contributed by atoms with van der Waals surface area (Å²) in [5.74, 6) is -3.35. The monoisotopic (exact) mass is 587 g/mol. The zero-order valence-electron chi connectivity index (χ0n) is 21.9. The Balaban J connectivity index is 1.48. The molecule has 0 aromatic heterocycles. The molecular formula is C30H32Cl2FN3O4. The van der Waals surface area contributed by atoms with Crippen LogP contribution in [0.15, 0.2) is 36.4 Å². The third-order valence-electron chi connectivity index (χ3n) is 9.73. The average Bonchev–Trinajstić information content (AvgIpc) is 3.38. The van der Waals surface area contributed by atoms with Crippen molar-refractivity contribution < 1.29 is 23.9 Å². The van der Waals surface area contributed by atoms with E-state index in [1.54, 1.807) is 24.3 Å². The number of carboxylic acid groups (broad SMARTS) is 1. The Bertz CT molecular complexity index is 1370. The van der Waals surface area contributed by atoms with Crippen LogP contribution in [0.25, 0.3) is 0 Å². The molecule has 1 saturated heterocycles. The van der Waals surface area contributed by atoms with E-state index in [1.807, 2.05) is 6.07 Å². The van der Waals surface area contributed by atoms with E-state index in [0.29, 0.717) is 54.8 Å². The lowest BCUT2D eigenvalue weighted by atomic mass is 9.55. The lowest BCUT2D eigenvalue weighted by molar-refractivity contribution is -0.142. The number of benzene rings is 2. The molecule has 2 aromatic carbocycles. The number of amides is 2. The number of fused-ring (bicyclic) bond motifs is 3.